The largest absolute Gasteiger partial charge is 0.273 e. The zero-order chi connectivity index (χ0) is 14.4. The summed E-state index contributed by atoms with van der Waals surface area (Å²) in [6.45, 7) is 0.189. The van der Waals surface area contributed by atoms with Gasteiger partial charge in [-0.2, -0.15) is 0 Å². The smallest absolute Gasteiger partial charge is 0.261 e. The Morgan fingerprint density at radius 3 is 2.21 bits per heavy atom. The van der Waals surface area contributed by atoms with Gasteiger partial charge < -0.3 is 0 Å². The third-order valence-corrected chi connectivity index (χ3v) is 4.37. The summed E-state index contributed by atoms with van der Waals surface area (Å²) >= 11 is 8.91. The number of nitrogens with two attached hydrogens (primary N) is 1. The number of carbonyl (C=O) groups is 2. The number of hydrogen-bond acceptors (Lipinski definition) is 4. The molecule has 0 unspecified atom stereocenters. The summed E-state index contributed by atoms with van der Waals surface area (Å²) in [6, 6.07) is 2.20. The Morgan fingerprint density at radius 1 is 1.21 bits per heavy atom. The fourth-order valence-electron chi connectivity index (χ4n) is 1.80. The van der Waals surface area contributed by atoms with Gasteiger partial charge in [0.2, 0.25) is 10.0 Å². The lowest BCUT2D eigenvalue weighted by Crippen LogP contribution is -2.31. The number of amides is 2. The first-order valence-electron chi connectivity index (χ1n) is 5.06. The lowest BCUT2D eigenvalue weighted by Gasteiger charge is -2.10. The van der Waals surface area contributed by atoms with Crippen molar-refractivity contribution in [2.75, 3.05) is 11.9 Å². The van der Waals surface area contributed by atoms with Crippen LogP contribution in [0.5, 0.6) is 0 Å². The summed E-state index contributed by atoms with van der Waals surface area (Å²) in [4.78, 5) is 24.6. The van der Waals surface area contributed by atoms with Gasteiger partial charge in [0.25, 0.3) is 11.8 Å². The highest BCUT2D eigenvalue weighted by molar-refractivity contribution is 9.09. The molecular formula is C10H8BrClN2O4S. The van der Waals surface area contributed by atoms with Crippen molar-refractivity contribution in [2.24, 2.45) is 5.14 Å². The van der Waals surface area contributed by atoms with Crippen LogP contribution in [0.1, 0.15) is 20.7 Å². The van der Waals surface area contributed by atoms with Crippen molar-refractivity contribution < 1.29 is 18.0 Å². The van der Waals surface area contributed by atoms with Crippen LogP contribution < -0.4 is 5.14 Å². The molecule has 1 heterocycles. The van der Waals surface area contributed by atoms with E-state index in [0.29, 0.717) is 5.33 Å². The molecule has 0 atom stereocenters. The van der Waals surface area contributed by atoms with Crippen LogP contribution in [-0.4, -0.2) is 37.0 Å². The Kier molecular flexibility index (Phi) is 3.69. The maximum Gasteiger partial charge on any atom is 0.261 e. The second-order valence-electron chi connectivity index (χ2n) is 3.82. The van der Waals surface area contributed by atoms with Gasteiger partial charge in [-0.25, -0.2) is 13.6 Å². The van der Waals surface area contributed by atoms with Crippen LogP contribution in [0, 0.1) is 0 Å². The van der Waals surface area contributed by atoms with Crippen molar-refractivity contribution in [1.82, 2.24) is 4.90 Å². The fraction of sp³-hybridized carbons (Fsp3) is 0.200. The minimum atomic E-state index is -4.05. The van der Waals surface area contributed by atoms with Crippen LogP contribution in [0.3, 0.4) is 0 Å². The molecule has 0 bridgehead atoms. The first-order valence-corrected chi connectivity index (χ1v) is 8.10. The summed E-state index contributed by atoms with van der Waals surface area (Å²) in [7, 11) is -4.05. The normalized spacial score (nSPS) is 15.0. The topological polar surface area (TPSA) is 97.5 Å². The van der Waals surface area contributed by atoms with Crippen molar-refractivity contribution in [3.63, 3.8) is 0 Å². The van der Waals surface area contributed by atoms with E-state index in [1.807, 2.05) is 0 Å². The number of benzene rings is 1. The molecule has 0 radical (unpaired) electrons. The summed E-state index contributed by atoms with van der Waals surface area (Å²) in [6.07, 6.45) is 0. The Bertz CT molecular complexity index is 689. The van der Waals surface area contributed by atoms with Crippen LogP contribution in [0.25, 0.3) is 0 Å². The van der Waals surface area contributed by atoms with Gasteiger partial charge in [-0.3, -0.25) is 14.5 Å². The first kappa shape index (κ1) is 14.4. The lowest BCUT2D eigenvalue weighted by molar-refractivity contribution is 0.0665. The molecule has 1 aromatic rings. The minimum Gasteiger partial charge on any atom is -0.273 e. The number of sulfonamides is 1. The molecular weight excluding hydrogens is 360 g/mol. The zero-order valence-electron chi connectivity index (χ0n) is 9.39. The molecule has 2 N–H and O–H groups in total. The maximum atomic E-state index is 12.0. The number of fused-ring (bicyclic) bond motifs is 1. The molecule has 2 amide bonds. The molecule has 19 heavy (non-hydrogen) atoms. The highest BCUT2D eigenvalue weighted by Crippen LogP contribution is 2.30. The van der Waals surface area contributed by atoms with Crippen molar-refractivity contribution in [3.05, 3.63) is 28.3 Å². The van der Waals surface area contributed by atoms with Crippen LogP contribution in [-0.2, 0) is 10.0 Å². The van der Waals surface area contributed by atoms with Gasteiger partial charge in [-0.15, -0.1) is 0 Å². The van der Waals surface area contributed by atoms with Crippen molar-refractivity contribution in [2.45, 2.75) is 4.90 Å². The van der Waals surface area contributed by atoms with Crippen molar-refractivity contribution in [1.29, 1.82) is 0 Å². The van der Waals surface area contributed by atoms with E-state index in [1.165, 1.54) is 0 Å². The van der Waals surface area contributed by atoms with Gasteiger partial charge in [-0.1, -0.05) is 27.5 Å². The Hall–Kier alpha value is -0.960. The van der Waals surface area contributed by atoms with Crippen LogP contribution in [0.15, 0.2) is 17.0 Å². The number of hydrogen-bond donors (Lipinski definition) is 1. The van der Waals surface area contributed by atoms with Crippen molar-refractivity contribution >= 4 is 49.4 Å². The lowest BCUT2D eigenvalue weighted by atomic mass is 10.1. The third-order valence-electron chi connectivity index (χ3n) is 2.64. The number of rotatable bonds is 3. The second-order valence-corrected chi connectivity index (χ2v) is 6.55. The van der Waals surface area contributed by atoms with Crippen LogP contribution in [0.4, 0.5) is 0 Å². The van der Waals surface area contributed by atoms with Crippen molar-refractivity contribution in [3.8, 4) is 0 Å². The molecule has 102 valence electrons. The quantitative estimate of drug-likeness (QED) is 0.636. The minimum absolute atomic E-state index is 0.000579. The number of nitrogens with zero attached hydrogens (tertiary/aromatic N) is 1. The number of primary sulfonamides is 1. The van der Waals surface area contributed by atoms with E-state index in [1.54, 1.807) is 0 Å². The molecule has 0 spiro atoms. The Balaban J connectivity index is 2.62. The summed E-state index contributed by atoms with van der Waals surface area (Å²) in [5.41, 5.74) is 0.0859. The van der Waals surface area contributed by atoms with Gasteiger partial charge in [0, 0.05) is 11.9 Å². The zero-order valence-corrected chi connectivity index (χ0v) is 12.5. The summed E-state index contributed by atoms with van der Waals surface area (Å²) < 4.78 is 22.7. The highest BCUT2D eigenvalue weighted by atomic mass is 79.9. The molecule has 0 aliphatic carbocycles. The molecule has 1 aromatic carbocycles. The van der Waals surface area contributed by atoms with E-state index in [2.05, 4.69) is 15.9 Å². The van der Waals surface area contributed by atoms with Gasteiger partial charge in [0.15, 0.2) is 0 Å². The Labute approximate surface area is 122 Å². The fourth-order valence-corrected chi connectivity index (χ4v) is 3.25. The van der Waals surface area contributed by atoms with E-state index in [9.17, 15) is 18.0 Å². The molecule has 1 aliphatic rings. The highest BCUT2D eigenvalue weighted by Gasteiger charge is 2.36. The molecule has 0 saturated carbocycles. The predicted molar refractivity (Wildman–Crippen MR) is 72.0 cm³/mol. The standard InChI is InChI=1S/C10H8BrClN2O4S/c11-1-2-14-9(15)5-3-7(12)8(19(13,17)18)4-6(5)10(14)16/h3-4H,1-2H2,(H2,13,17,18). The van der Waals surface area contributed by atoms with E-state index in [-0.39, 0.29) is 27.6 Å². The molecule has 1 aliphatic heterocycles. The van der Waals surface area contributed by atoms with Crippen LogP contribution in [0.2, 0.25) is 5.02 Å². The van der Waals surface area contributed by atoms with Gasteiger partial charge in [0.05, 0.1) is 16.1 Å². The maximum absolute atomic E-state index is 12.0. The summed E-state index contributed by atoms with van der Waals surface area (Å²) in [5.74, 6) is -1.05. The van der Waals surface area contributed by atoms with Gasteiger partial charge in [0.1, 0.15) is 4.90 Å². The van der Waals surface area contributed by atoms with E-state index in [4.69, 9.17) is 16.7 Å². The van der Waals surface area contributed by atoms with E-state index < -0.39 is 21.8 Å². The second kappa shape index (κ2) is 4.86. The van der Waals surface area contributed by atoms with E-state index >= 15 is 0 Å². The third kappa shape index (κ3) is 2.40. The first-order chi connectivity index (χ1) is 8.77. The number of halogens is 2. The van der Waals surface area contributed by atoms with Gasteiger partial charge in [-0.05, 0) is 12.1 Å². The predicted octanol–water partition coefficient (Wildman–Crippen LogP) is 0.978. The molecule has 9 heteroatoms. The monoisotopic (exact) mass is 366 g/mol. The number of imide groups is 1. The molecule has 0 aromatic heterocycles. The number of carbonyl (C=O) groups excluding carboxylic acids is 2. The molecule has 0 fully saturated rings. The van der Waals surface area contributed by atoms with Crippen LogP contribution >= 0.6 is 27.5 Å². The average Bonchev–Trinajstić information content (AvgIpc) is 2.52. The SMILES string of the molecule is NS(=O)(=O)c1cc2c(cc1Cl)C(=O)N(CCBr)C2=O. The van der Waals surface area contributed by atoms with Gasteiger partial charge >= 0.3 is 0 Å². The Morgan fingerprint density at radius 2 is 1.74 bits per heavy atom. The molecule has 6 nitrogen and oxygen atoms in total. The van der Waals surface area contributed by atoms with E-state index in [0.717, 1.165) is 17.0 Å². The average molecular weight is 368 g/mol. The summed E-state index contributed by atoms with van der Waals surface area (Å²) in [5, 5.41) is 5.24. The number of alkyl halides is 1. The molecule has 2 rings (SSSR count). The molecule has 0 saturated heterocycles.